The average molecular weight is 171 g/mol. The monoisotopic (exact) mass is 171 g/mol. The van der Waals surface area contributed by atoms with Crippen molar-refractivity contribution in [1.29, 1.82) is 0 Å². The molecule has 0 amide bonds. The summed E-state index contributed by atoms with van der Waals surface area (Å²) in [6.07, 6.45) is 6.46. The first-order chi connectivity index (χ1) is 5.84. The highest BCUT2D eigenvalue weighted by molar-refractivity contribution is 4.81. The number of halogens is 1. The second-order valence-corrected chi connectivity index (χ2v) is 4.32. The van der Waals surface area contributed by atoms with E-state index >= 15 is 0 Å². The molecule has 70 valence electrons. The van der Waals surface area contributed by atoms with Gasteiger partial charge in [-0.05, 0) is 18.8 Å². The van der Waals surface area contributed by atoms with Gasteiger partial charge in [0.15, 0.2) is 0 Å². The van der Waals surface area contributed by atoms with Gasteiger partial charge in [0.25, 0.3) is 0 Å². The predicted octanol–water partition coefficient (Wildman–Crippen LogP) is 2.22. The molecule has 1 saturated carbocycles. The maximum absolute atomic E-state index is 12.5. The molecule has 1 aliphatic heterocycles. The van der Waals surface area contributed by atoms with Gasteiger partial charge in [-0.15, -0.1) is 0 Å². The van der Waals surface area contributed by atoms with Gasteiger partial charge < -0.3 is 0 Å². The molecule has 1 aliphatic carbocycles. The molecule has 2 aliphatic rings. The Hall–Kier alpha value is -0.110. The molecule has 0 spiro atoms. The van der Waals surface area contributed by atoms with Gasteiger partial charge in [0.2, 0.25) is 0 Å². The molecule has 0 aromatic heterocycles. The van der Waals surface area contributed by atoms with E-state index in [9.17, 15) is 4.39 Å². The first-order valence-electron chi connectivity index (χ1n) is 5.21. The highest BCUT2D eigenvalue weighted by atomic mass is 19.1. The second-order valence-electron chi connectivity index (χ2n) is 4.32. The lowest BCUT2D eigenvalue weighted by atomic mass is 9.88. The largest absolute Gasteiger partial charge is 0.297 e. The van der Waals surface area contributed by atoms with Crippen molar-refractivity contribution in [3.63, 3.8) is 0 Å². The molecular formula is C10H18FN. The summed E-state index contributed by atoms with van der Waals surface area (Å²) in [5.74, 6) is 0.881. The summed E-state index contributed by atoms with van der Waals surface area (Å²) < 4.78 is 12.5. The van der Waals surface area contributed by atoms with Crippen molar-refractivity contribution in [1.82, 2.24) is 4.90 Å². The molecule has 0 N–H and O–H groups in total. The molecule has 1 heterocycles. The van der Waals surface area contributed by atoms with Crippen molar-refractivity contribution >= 4 is 0 Å². The van der Waals surface area contributed by atoms with E-state index in [1.54, 1.807) is 0 Å². The molecule has 2 rings (SSSR count). The zero-order valence-electron chi connectivity index (χ0n) is 7.64. The molecular weight excluding hydrogens is 153 g/mol. The maximum atomic E-state index is 12.5. The Kier molecular flexibility index (Phi) is 2.64. The standard InChI is InChI=1S/C10H18FN/c11-10-7-12(8-10)6-9-4-2-1-3-5-9/h9-10H,1-8H2. The van der Waals surface area contributed by atoms with Crippen LogP contribution >= 0.6 is 0 Å². The van der Waals surface area contributed by atoms with E-state index in [4.69, 9.17) is 0 Å². The van der Waals surface area contributed by atoms with Gasteiger partial charge >= 0.3 is 0 Å². The van der Waals surface area contributed by atoms with E-state index in [0.717, 1.165) is 5.92 Å². The fraction of sp³-hybridized carbons (Fsp3) is 1.00. The van der Waals surface area contributed by atoms with Gasteiger partial charge in [-0.3, -0.25) is 4.90 Å². The van der Waals surface area contributed by atoms with Crippen LogP contribution in [0.25, 0.3) is 0 Å². The lowest BCUT2D eigenvalue weighted by Crippen LogP contribution is -2.50. The molecule has 0 bridgehead atoms. The van der Waals surface area contributed by atoms with E-state index in [1.807, 2.05) is 0 Å². The quantitative estimate of drug-likeness (QED) is 0.615. The SMILES string of the molecule is FC1CN(CC2CCCCC2)C1. The second kappa shape index (κ2) is 3.73. The molecule has 0 aromatic rings. The zero-order chi connectivity index (χ0) is 8.39. The minimum absolute atomic E-state index is 0.520. The topological polar surface area (TPSA) is 3.24 Å². The van der Waals surface area contributed by atoms with E-state index in [0.29, 0.717) is 13.1 Å². The maximum Gasteiger partial charge on any atom is 0.125 e. The van der Waals surface area contributed by atoms with Crippen LogP contribution in [0.2, 0.25) is 0 Å². The van der Waals surface area contributed by atoms with Crippen LogP contribution in [0, 0.1) is 5.92 Å². The predicted molar refractivity (Wildman–Crippen MR) is 47.9 cm³/mol. The highest BCUT2D eigenvalue weighted by Crippen LogP contribution is 2.26. The van der Waals surface area contributed by atoms with E-state index in [2.05, 4.69) is 4.90 Å². The van der Waals surface area contributed by atoms with Crippen LogP contribution in [-0.2, 0) is 0 Å². The summed E-state index contributed by atoms with van der Waals surface area (Å²) in [5, 5.41) is 0. The first kappa shape index (κ1) is 8.49. The molecule has 2 fully saturated rings. The Morgan fingerprint density at radius 1 is 1.08 bits per heavy atom. The van der Waals surface area contributed by atoms with Crippen molar-refractivity contribution in [3.8, 4) is 0 Å². The van der Waals surface area contributed by atoms with Gasteiger partial charge in [-0.2, -0.15) is 0 Å². The van der Waals surface area contributed by atoms with E-state index in [-0.39, 0.29) is 0 Å². The van der Waals surface area contributed by atoms with Crippen LogP contribution in [-0.4, -0.2) is 30.7 Å². The van der Waals surface area contributed by atoms with Crippen molar-refractivity contribution in [2.45, 2.75) is 38.3 Å². The van der Waals surface area contributed by atoms with Crippen LogP contribution in [0.5, 0.6) is 0 Å². The Labute approximate surface area is 73.9 Å². The molecule has 0 unspecified atom stereocenters. The number of nitrogens with zero attached hydrogens (tertiary/aromatic N) is 1. The Morgan fingerprint density at radius 2 is 1.75 bits per heavy atom. The lowest BCUT2D eigenvalue weighted by molar-refractivity contribution is 0.0460. The van der Waals surface area contributed by atoms with Crippen LogP contribution in [0.3, 0.4) is 0 Å². The third-order valence-corrected chi connectivity index (χ3v) is 3.15. The summed E-state index contributed by atoms with van der Waals surface area (Å²) in [6, 6.07) is 0. The molecule has 1 nitrogen and oxygen atoms in total. The van der Waals surface area contributed by atoms with Crippen molar-refractivity contribution in [3.05, 3.63) is 0 Å². The fourth-order valence-corrected chi connectivity index (χ4v) is 2.39. The Balaban J connectivity index is 1.65. The van der Waals surface area contributed by atoms with Crippen LogP contribution in [0.4, 0.5) is 4.39 Å². The summed E-state index contributed by atoms with van der Waals surface area (Å²) in [6.45, 7) is 2.58. The fourth-order valence-electron chi connectivity index (χ4n) is 2.39. The van der Waals surface area contributed by atoms with E-state index in [1.165, 1.54) is 38.6 Å². The minimum Gasteiger partial charge on any atom is -0.297 e. The van der Waals surface area contributed by atoms with Crippen LogP contribution in [0.1, 0.15) is 32.1 Å². The third kappa shape index (κ3) is 1.98. The number of hydrogen-bond donors (Lipinski definition) is 0. The average Bonchev–Trinajstić information content (AvgIpc) is 2.04. The molecule has 0 atom stereocenters. The van der Waals surface area contributed by atoms with Gasteiger partial charge in [-0.25, -0.2) is 4.39 Å². The summed E-state index contributed by atoms with van der Waals surface area (Å²) in [5.41, 5.74) is 0. The van der Waals surface area contributed by atoms with Crippen molar-refractivity contribution < 1.29 is 4.39 Å². The molecule has 12 heavy (non-hydrogen) atoms. The normalized spacial score (nSPS) is 28.8. The molecule has 1 saturated heterocycles. The van der Waals surface area contributed by atoms with Gasteiger partial charge in [0, 0.05) is 19.6 Å². The first-order valence-corrected chi connectivity index (χ1v) is 5.21. The van der Waals surface area contributed by atoms with Gasteiger partial charge in [-0.1, -0.05) is 19.3 Å². The number of likely N-dealkylation sites (tertiary alicyclic amines) is 1. The smallest absolute Gasteiger partial charge is 0.125 e. The van der Waals surface area contributed by atoms with Crippen molar-refractivity contribution in [2.75, 3.05) is 19.6 Å². The number of hydrogen-bond acceptors (Lipinski definition) is 1. The van der Waals surface area contributed by atoms with Gasteiger partial charge in [0.05, 0.1) is 0 Å². The highest BCUT2D eigenvalue weighted by Gasteiger charge is 2.28. The molecule has 0 aromatic carbocycles. The summed E-state index contributed by atoms with van der Waals surface area (Å²) in [4.78, 5) is 2.26. The zero-order valence-corrected chi connectivity index (χ0v) is 7.64. The number of rotatable bonds is 2. The van der Waals surface area contributed by atoms with Crippen LogP contribution < -0.4 is 0 Å². The Bertz CT molecular complexity index is 137. The number of alkyl halides is 1. The van der Waals surface area contributed by atoms with Gasteiger partial charge in [0.1, 0.15) is 6.17 Å². The molecule has 2 heteroatoms. The Morgan fingerprint density at radius 3 is 2.33 bits per heavy atom. The van der Waals surface area contributed by atoms with Crippen molar-refractivity contribution in [2.24, 2.45) is 5.92 Å². The lowest BCUT2D eigenvalue weighted by Gasteiger charge is -2.37. The van der Waals surface area contributed by atoms with Crippen LogP contribution in [0.15, 0.2) is 0 Å². The summed E-state index contributed by atoms with van der Waals surface area (Å²) >= 11 is 0. The minimum atomic E-state index is -0.520. The summed E-state index contributed by atoms with van der Waals surface area (Å²) in [7, 11) is 0. The van der Waals surface area contributed by atoms with E-state index < -0.39 is 6.17 Å². The molecule has 0 radical (unpaired) electrons. The third-order valence-electron chi connectivity index (χ3n) is 3.15.